The lowest BCUT2D eigenvalue weighted by Gasteiger charge is -2.34. The highest BCUT2D eigenvalue weighted by Gasteiger charge is 2.29. The first-order chi connectivity index (χ1) is 11.7. The van der Waals surface area contributed by atoms with Gasteiger partial charge in [-0.1, -0.05) is 37.3 Å². The van der Waals surface area contributed by atoms with Crippen molar-refractivity contribution in [3.8, 4) is 0 Å². The highest BCUT2D eigenvalue weighted by atomic mass is 16.2. The molecule has 5 heteroatoms. The van der Waals surface area contributed by atoms with Crippen molar-refractivity contribution in [2.24, 2.45) is 0 Å². The van der Waals surface area contributed by atoms with Crippen LogP contribution >= 0.6 is 0 Å². The molecule has 2 fully saturated rings. The van der Waals surface area contributed by atoms with Gasteiger partial charge in [-0.05, 0) is 25.5 Å². The van der Waals surface area contributed by atoms with Gasteiger partial charge >= 0.3 is 6.03 Å². The van der Waals surface area contributed by atoms with Crippen LogP contribution in [0.5, 0.6) is 0 Å². The van der Waals surface area contributed by atoms with Gasteiger partial charge < -0.3 is 15.1 Å². The maximum absolute atomic E-state index is 12.5. The number of carbonyl (C=O) groups is 1. The molecule has 2 saturated heterocycles. The molecule has 0 spiro atoms. The minimum Gasteiger partial charge on any atom is -0.334 e. The Kier molecular flexibility index (Phi) is 5.74. The van der Waals surface area contributed by atoms with E-state index < -0.39 is 0 Å². The van der Waals surface area contributed by atoms with E-state index in [1.165, 1.54) is 5.56 Å². The van der Waals surface area contributed by atoms with Gasteiger partial charge in [0, 0.05) is 51.4 Å². The minimum absolute atomic E-state index is 0.116. The molecule has 1 aromatic carbocycles. The summed E-state index contributed by atoms with van der Waals surface area (Å²) < 4.78 is 0. The number of urea groups is 1. The summed E-state index contributed by atoms with van der Waals surface area (Å²) >= 11 is 0. The van der Waals surface area contributed by atoms with Crippen LogP contribution < -0.4 is 5.32 Å². The van der Waals surface area contributed by atoms with Crippen molar-refractivity contribution in [1.82, 2.24) is 20.0 Å². The molecular formula is C19H30N4O. The number of hydrogen-bond donors (Lipinski definition) is 1. The van der Waals surface area contributed by atoms with Crippen LogP contribution in [0.2, 0.25) is 0 Å². The Morgan fingerprint density at radius 1 is 1.17 bits per heavy atom. The lowest BCUT2D eigenvalue weighted by molar-refractivity contribution is 0.140. The van der Waals surface area contributed by atoms with Crippen LogP contribution in [0.25, 0.3) is 0 Å². The van der Waals surface area contributed by atoms with E-state index in [0.29, 0.717) is 6.04 Å². The van der Waals surface area contributed by atoms with Crippen molar-refractivity contribution in [2.45, 2.75) is 32.4 Å². The Hall–Kier alpha value is -1.59. The molecule has 24 heavy (non-hydrogen) atoms. The molecule has 2 atom stereocenters. The summed E-state index contributed by atoms with van der Waals surface area (Å²) in [6.45, 7) is 11.2. The maximum atomic E-state index is 12.5. The number of amides is 2. The maximum Gasteiger partial charge on any atom is 0.317 e. The summed E-state index contributed by atoms with van der Waals surface area (Å²) in [5, 5.41) is 3.24. The van der Waals surface area contributed by atoms with E-state index in [0.717, 1.165) is 52.2 Å². The predicted molar refractivity (Wildman–Crippen MR) is 97.1 cm³/mol. The zero-order valence-electron chi connectivity index (χ0n) is 14.9. The van der Waals surface area contributed by atoms with Gasteiger partial charge in [-0.15, -0.1) is 0 Å². The molecule has 0 aliphatic carbocycles. The third-order valence-corrected chi connectivity index (χ3v) is 5.48. The highest BCUT2D eigenvalue weighted by molar-refractivity contribution is 5.74. The van der Waals surface area contributed by atoms with Crippen LogP contribution in [-0.2, 0) is 0 Å². The molecule has 2 heterocycles. The van der Waals surface area contributed by atoms with E-state index >= 15 is 0 Å². The van der Waals surface area contributed by atoms with Crippen molar-refractivity contribution in [3.63, 3.8) is 0 Å². The quantitative estimate of drug-likeness (QED) is 0.919. The van der Waals surface area contributed by atoms with Crippen molar-refractivity contribution < 1.29 is 4.79 Å². The molecule has 3 rings (SSSR count). The Labute approximate surface area is 145 Å². The Morgan fingerprint density at radius 2 is 1.88 bits per heavy atom. The molecule has 0 saturated carbocycles. The Bertz CT molecular complexity index is 527. The van der Waals surface area contributed by atoms with Crippen molar-refractivity contribution in [1.29, 1.82) is 0 Å². The second kappa shape index (κ2) is 7.99. The Morgan fingerprint density at radius 3 is 2.54 bits per heavy atom. The standard InChI is InChI=1S/C19H30N4O/c1-3-21-11-13-22(14-12-21)19(24)20-18-9-10-23(15-18)16(2)17-7-5-4-6-8-17/h4-8,16,18H,3,9-15H2,1-2H3,(H,20,24). The molecule has 0 aromatic heterocycles. The Balaban J connectivity index is 1.47. The molecule has 2 unspecified atom stereocenters. The van der Waals surface area contributed by atoms with Gasteiger partial charge in [0.2, 0.25) is 0 Å². The van der Waals surface area contributed by atoms with E-state index in [1.54, 1.807) is 0 Å². The van der Waals surface area contributed by atoms with Crippen LogP contribution in [-0.4, -0.2) is 72.6 Å². The summed E-state index contributed by atoms with van der Waals surface area (Å²) in [5.74, 6) is 0. The first-order valence-electron chi connectivity index (χ1n) is 9.24. The molecule has 1 N–H and O–H groups in total. The fourth-order valence-electron chi connectivity index (χ4n) is 3.73. The molecule has 2 aliphatic heterocycles. The number of likely N-dealkylation sites (tertiary alicyclic amines) is 1. The highest BCUT2D eigenvalue weighted by Crippen LogP contribution is 2.24. The second-order valence-electron chi connectivity index (χ2n) is 6.94. The molecule has 132 valence electrons. The first kappa shape index (κ1) is 17.2. The van der Waals surface area contributed by atoms with E-state index in [9.17, 15) is 4.79 Å². The first-order valence-corrected chi connectivity index (χ1v) is 9.24. The fraction of sp³-hybridized carbons (Fsp3) is 0.632. The number of hydrogen-bond acceptors (Lipinski definition) is 3. The van der Waals surface area contributed by atoms with Gasteiger partial charge in [-0.2, -0.15) is 0 Å². The van der Waals surface area contributed by atoms with Crippen molar-refractivity contribution >= 4 is 6.03 Å². The molecule has 2 aliphatic rings. The summed E-state index contributed by atoms with van der Waals surface area (Å²) in [5.41, 5.74) is 1.35. The van der Waals surface area contributed by atoms with Gasteiger partial charge in [-0.25, -0.2) is 4.79 Å². The van der Waals surface area contributed by atoms with E-state index in [-0.39, 0.29) is 12.1 Å². The number of likely N-dealkylation sites (N-methyl/N-ethyl adjacent to an activating group) is 1. The molecule has 0 radical (unpaired) electrons. The van der Waals surface area contributed by atoms with Crippen molar-refractivity contribution in [3.05, 3.63) is 35.9 Å². The molecule has 1 aromatic rings. The zero-order valence-corrected chi connectivity index (χ0v) is 14.9. The third kappa shape index (κ3) is 4.08. The van der Waals surface area contributed by atoms with Crippen LogP contribution in [0, 0.1) is 0 Å². The van der Waals surface area contributed by atoms with E-state index in [1.807, 2.05) is 4.90 Å². The molecule has 2 amide bonds. The van der Waals surface area contributed by atoms with Gasteiger partial charge in [0.1, 0.15) is 0 Å². The van der Waals surface area contributed by atoms with Gasteiger partial charge in [0.15, 0.2) is 0 Å². The van der Waals surface area contributed by atoms with Gasteiger partial charge in [0.05, 0.1) is 0 Å². The number of rotatable bonds is 4. The number of nitrogens with zero attached hydrogens (tertiary/aromatic N) is 3. The van der Waals surface area contributed by atoms with Gasteiger partial charge in [0.25, 0.3) is 0 Å². The number of piperazine rings is 1. The lowest BCUT2D eigenvalue weighted by atomic mass is 10.1. The number of benzene rings is 1. The van der Waals surface area contributed by atoms with E-state index in [2.05, 4.69) is 59.3 Å². The van der Waals surface area contributed by atoms with Crippen molar-refractivity contribution in [2.75, 3.05) is 45.8 Å². The average molecular weight is 330 g/mol. The van der Waals surface area contributed by atoms with Crippen LogP contribution in [0.4, 0.5) is 4.79 Å². The normalized spacial score (nSPS) is 24.1. The van der Waals surface area contributed by atoms with Crippen LogP contribution in [0.15, 0.2) is 30.3 Å². The molecular weight excluding hydrogens is 300 g/mol. The predicted octanol–water partition coefficient (Wildman–Crippen LogP) is 2.17. The summed E-state index contributed by atoms with van der Waals surface area (Å²) in [4.78, 5) is 19.3. The summed E-state index contributed by atoms with van der Waals surface area (Å²) in [6.07, 6.45) is 1.04. The smallest absolute Gasteiger partial charge is 0.317 e. The minimum atomic E-state index is 0.116. The number of carbonyl (C=O) groups excluding carboxylic acids is 1. The third-order valence-electron chi connectivity index (χ3n) is 5.48. The van der Waals surface area contributed by atoms with Crippen LogP contribution in [0.3, 0.4) is 0 Å². The summed E-state index contributed by atoms with van der Waals surface area (Å²) in [6, 6.07) is 11.4. The fourth-order valence-corrected chi connectivity index (χ4v) is 3.73. The monoisotopic (exact) mass is 330 g/mol. The van der Waals surface area contributed by atoms with Crippen LogP contribution in [0.1, 0.15) is 31.9 Å². The average Bonchev–Trinajstić information content (AvgIpc) is 3.10. The topological polar surface area (TPSA) is 38.8 Å². The number of nitrogens with one attached hydrogen (secondary N) is 1. The SMILES string of the molecule is CCN1CCN(C(=O)NC2CCN(C(C)c3ccccc3)C2)CC1. The lowest BCUT2D eigenvalue weighted by Crippen LogP contribution is -2.53. The summed E-state index contributed by atoms with van der Waals surface area (Å²) in [7, 11) is 0. The largest absolute Gasteiger partial charge is 0.334 e. The molecule has 0 bridgehead atoms. The zero-order chi connectivity index (χ0) is 16.9. The second-order valence-corrected chi connectivity index (χ2v) is 6.94. The molecule has 5 nitrogen and oxygen atoms in total. The van der Waals surface area contributed by atoms with Gasteiger partial charge in [-0.3, -0.25) is 4.90 Å². The van der Waals surface area contributed by atoms with E-state index in [4.69, 9.17) is 0 Å².